The molecule has 6 aliphatic rings. The fraction of sp³-hybridized carbons (Fsp3) is 0.756. The van der Waals surface area contributed by atoms with Crippen LogP contribution in [-0.2, 0) is 76.1 Å². The molecule has 2 N–H and O–H groups in total. The lowest BCUT2D eigenvalue weighted by Gasteiger charge is -2.71. The summed E-state index contributed by atoms with van der Waals surface area (Å²) in [4.78, 5) is 82.3. The normalized spacial score (nSPS) is 46.2. The highest BCUT2D eigenvalue weighted by atomic mass is 16.9. The van der Waals surface area contributed by atoms with Gasteiger partial charge in [0.2, 0.25) is 0 Å². The molecule has 4 unspecified atom stereocenters. The van der Waals surface area contributed by atoms with Gasteiger partial charge in [-0.1, -0.05) is 20.8 Å². The van der Waals surface area contributed by atoms with Crippen molar-refractivity contribution in [1.29, 1.82) is 0 Å². The number of hydrogen-bond acceptors (Lipinski definition) is 19. The molecule has 3 aliphatic carbocycles. The van der Waals surface area contributed by atoms with Crippen LogP contribution in [0.25, 0.3) is 0 Å². The molecule has 19 heteroatoms. The van der Waals surface area contributed by atoms with Crippen LogP contribution >= 0.6 is 0 Å². The molecule has 0 aromatic carbocycles. The molecule has 6 fully saturated rings. The van der Waals surface area contributed by atoms with Gasteiger partial charge in [0, 0.05) is 55.9 Å². The molecule has 4 heterocycles. The Kier molecular flexibility index (Phi) is 10.2. The van der Waals surface area contributed by atoms with Crippen molar-refractivity contribution >= 4 is 35.8 Å². The number of epoxide rings is 1. The molecule has 1 aromatic heterocycles. The monoisotopic (exact) mass is 850 g/mol. The first-order valence-corrected chi connectivity index (χ1v) is 19.9. The average molecular weight is 851 g/mol. The number of fused-ring (bicyclic) bond motifs is 2. The van der Waals surface area contributed by atoms with Gasteiger partial charge in [-0.05, 0) is 38.7 Å². The number of aliphatic hydroxyl groups excluding tert-OH is 1. The largest absolute Gasteiger partial charge is 0.472 e. The Labute approximate surface area is 345 Å². The maximum absolute atomic E-state index is 14.4. The third-order valence-electron chi connectivity index (χ3n) is 14.8. The van der Waals surface area contributed by atoms with Crippen molar-refractivity contribution in [2.45, 2.75) is 159 Å². The third-order valence-corrected chi connectivity index (χ3v) is 14.8. The molecule has 1 spiro atoms. The summed E-state index contributed by atoms with van der Waals surface area (Å²) in [7, 11) is 2.24. The van der Waals surface area contributed by atoms with Crippen molar-refractivity contribution in [3.05, 3.63) is 24.2 Å². The van der Waals surface area contributed by atoms with Crippen LogP contribution in [0.15, 0.2) is 23.0 Å². The van der Waals surface area contributed by atoms with E-state index in [9.17, 15) is 39.0 Å². The van der Waals surface area contributed by atoms with E-state index in [0.717, 1.165) is 27.9 Å². The number of hydrogen-bond donors (Lipinski definition) is 2. The molecular weight excluding hydrogens is 796 g/mol. The van der Waals surface area contributed by atoms with Crippen molar-refractivity contribution < 1.29 is 90.8 Å². The molecule has 7 rings (SSSR count). The fourth-order valence-corrected chi connectivity index (χ4v) is 12.1. The van der Waals surface area contributed by atoms with Gasteiger partial charge in [0.05, 0.1) is 51.5 Å². The number of carbonyl (C=O) groups is 6. The molecule has 1 aromatic rings. The van der Waals surface area contributed by atoms with E-state index < -0.39 is 148 Å². The topological polar surface area (TPSA) is 252 Å². The molecule has 19 nitrogen and oxygen atoms in total. The van der Waals surface area contributed by atoms with Crippen molar-refractivity contribution in [3.8, 4) is 0 Å². The highest BCUT2D eigenvalue weighted by molar-refractivity contribution is 5.83. The summed E-state index contributed by atoms with van der Waals surface area (Å²) in [5, 5.41) is 27.7. The van der Waals surface area contributed by atoms with Gasteiger partial charge in [-0.3, -0.25) is 24.0 Å². The highest BCUT2D eigenvalue weighted by Crippen LogP contribution is 2.80. The first kappa shape index (κ1) is 43.9. The Bertz CT molecular complexity index is 1970. The summed E-state index contributed by atoms with van der Waals surface area (Å²) in [5.41, 5.74) is -14.8. The van der Waals surface area contributed by atoms with Crippen LogP contribution in [0.2, 0.25) is 0 Å². The van der Waals surface area contributed by atoms with E-state index in [1.54, 1.807) is 20.8 Å². The Hall–Kier alpha value is -4.14. The second-order valence-corrected chi connectivity index (χ2v) is 18.1. The van der Waals surface area contributed by atoms with Crippen molar-refractivity contribution in [3.63, 3.8) is 0 Å². The van der Waals surface area contributed by atoms with E-state index >= 15 is 0 Å². The smallest absolute Gasteiger partial charge is 0.341 e. The first-order chi connectivity index (χ1) is 27.8. The van der Waals surface area contributed by atoms with Gasteiger partial charge in [0.25, 0.3) is 5.97 Å². The number of carbonyl (C=O) groups excluding carboxylic acids is 6. The molecule has 332 valence electrons. The van der Waals surface area contributed by atoms with Crippen LogP contribution < -0.4 is 0 Å². The predicted molar refractivity (Wildman–Crippen MR) is 195 cm³/mol. The number of aliphatic hydroxyl groups is 2. The SMILES string of the molecule is COC(=O)C[C@H]1[C@@]2(C)CC3OC4(C)O[C@]5([C@H](OC(C)=O)[C@@H](OC(C)=O)[C@H]2OC(=O)C2(C)OC2C)[C@](O)(CC(=O)OC)[C@](C)([C@H](OC(C)=O)c2ccoc2)C[C@@H](O)[C@]5(O4)[C@@]31C. The zero-order valence-electron chi connectivity index (χ0n) is 35.5. The molecule has 0 radical (unpaired) electrons. The lowest BCUT2D eigenvalue weighted by Crippen LogP contribution is -2.90. The number of furan rings is 1. The van der Waals surface area contributed by atoms with Gasteiger partial charge < -0.3 is 62.0 Å². The minimum atomic E-state index is -2.91. The quantitative estimate of drug-likeness (QED) is 0.184. The van der Waals surface area contributed by atoms with Crippen LogP contribution in [0.5, 0.6) is 0 Å². The highest BCUT2D eigenvalue weighted by Gasteiger charge is 2.96. The Morgan fingerprint density at radius 2 is 1.45 bits per heavy atom. The van der Waals surface area contributed by atoms with Crippen LogP contribution in [0, 0.1) is 22.2 Å². The second kappa shape index (κ2) is 13.9. The van der Waals surface area contributed by atoms with E-state index in [1.807, 2.05) is 0 Å². The van der Waals surface area contributed by atoms with E-state index in [2.05, 4.69) is 0 Å². The molecule has 0 amide bonds. The molecular formula is C41H54O19. The Morgan fingerprint density at radius 3 is 1.98 bits per heavy atom. The zero-order chi connectivity index (χ0) is 44.4. The Balaban J connectivity index is 1.66. The number of methoxy groups -OCH3 is 2. The zero-order valence-corrected chi connectivity index (χ0v) is 35.5. The fourth-order valence-electron chi connectivity index (χ4n) is 12.1. The lowest BCUT2D eigenvalue weighted by atomic mass is 9.39. The van der Waals surface area contributed by atoms with Crippen LogP contribution in [0.4, 0.5) is 0 Å². The van der Waals surface area contributed by atoms with Crippen LogP contribution in [0.1, 0.15) is 99.7 Å². The van der Waals surface area contributed by atoms with E-state index in [1.165, 1.54) is 46.5 Å². The molecule has 60 heavy (non-hydrogen) atoms. The molecule has 3 saturated heterocycles. The molecule has 4 bridgehead atoms. The first-order valence-electron chi connectivity index (χ1n) is 19.9. The van der Waals surface area contributed by atoms with Crippen molar-refractivity contribution in [2.75, 3.05) is 14.2 Å². The summed E-state index contributed by atoms with van der Waals surface area (Å²) in [6.45, 7) is 12.5. The second-order valence-electron chi connectivity index (χ2n) is 18.1. The van der Waals surface area contributed by atoms with Crippen LogP contribution in [0.3, 0.4) is 0 Å². The minimum Gasteiger partial charge on any atom is -0.472 e. The van der Waals surface area contributed by atoms with Crippen LogP contribution in [-0.4, -0.2) is 125 Å². The van der Waals surface area contributed by atoms with E-state index in [0.29, 0.717) is 0 Å². The third kappa shape index (κ3) is 5.60. The lowest BCUT2D eigenvalue weighted by molar-refractivity contribution is -0.417. The maximum atomic E-state index is 14.4. The number of rotatable bonds is 11. The molecule has 3 aliphatic heterocycles. The van der Waals surface area contributed by atoms with Gasteiger partial charge in [-0.25, -0.2) is 4.79 Å². The number of esters is 6. The minimum absolute atomic E-state index is 0.0918. The van der Waals surface area contributed by atoms with Gasteiger partial charge in [0.15, 0.2) is 23.4 Å². The standard InChI is InChI=1S/C41H54O19/c1-19-37(8,57-19)33(48)56-31-29(53-20(2)42)32(55-22(4)44)41-39(49,17-28(47)51-11)35(6,30(54-21(3)43)23-12-13-52-18-23)15-25(45)40(41)36(7)24(14-27(46)50-10)34(31,5)16-26(36)58-38(9,59-40)60-41/h12-13,18-19,24-26,29-32,45,49H,14-17H2,1-11H3/t19?,24-,25+,26?,29-,30+,31+,32+,34+,35-,36+,37?,38?,39-,40-,41+/m0/s1. The van der Waals surface area contributed by atoms with Crippen molar-refractivity contribution in [2.24, 2.45) is 22.2 Å². The van der Waals surface area contributed by atoms with E-state index in [4.69, 9.17) is 51.8 Å². The number of ether oxygens (including phenoxy) is 10. The van der Waals surface area contributed by atoms with E-state index in [-0.39, 0.29) is 12.0 Å². The van der Waals surface area contributed by atoms with Gasteiger partial charge >= 0.3 is 35.8 Å². The maximum Gasteiger partial charge on any atom is 0.341 e. The summed E-state index contributed by atoms with van der Waals surface area (Å²) in [6.07, 6.45) is -10.5. The van der Waals surface area contributed by atoms with Gasteiger partial charge in [-0.15, -0.1) is 0 Å². The van der Waals surface area contributed by atoms with Crippen molar-refractivity contribution in [1.82, 2.24) is 0 Å². The Morgan fingerprint density at radius 1 is 0.833 bits per heavy atom. The average Bonchev–Trinajstić information content (AvgIpc) is 3.46. The molecule has 16 atom stereocenters. The van der Waals surface area contributed by atoms with Gasteiger partial charge in [-0.2, -0.15) is 0 Å². The summed E-state index contributed by atoms with van der Waals surface area (Å²) in [6, 6.07) is 1.45. The summed E-state index contributed by atoms with van der Waals surface area (Å²) in [5.74, 6) is -8.92. The summed E-state index contributed by atoms with van der Waals surface area (Å²) >= 11 is 0. The summed E-state index contributed by atoms with van der Waals surface area (Å²) < 4.78 is 67.0. The predicted octanol–water partition coefficient (Wildman–Crippen LogP) is 2.11. The molecule has 3 saturated carbocycles. The van der Waals surface area contributed by atoms with Gasteiger partial charge in [0.1, 0.15) is 23.4 Å².